The number of hydrogen-bond donors (Lipinski definition) is 2. The highest BCUT2D eigenvalue weighted by atomic mass is 32.1. The number of hydrogen-bond acceptors (Lipinski definition) is 3. The van der Waals surface area contributed by atoms with Gasteiger partial charge in [0, 0.05) is 26.6 Å². The molecule has 0 bridgehead atoms. The van der Waals surface area contributed by atoms with E-state index in [1.807, 2.05) is 6.92 Å². The fraction of sp³-hybridized carbons (Fsp3) is 0.800. The highest BCUT2D eigenvalue weighted by Crippen LogP contribution is 2.30. The van der Waals surface area contributed by atoms with Crippen molar-refractivity contribution in [3.8, 4) is 0 Å². The monoisotopic (exact) mass is 230 g/mol. The molecule has 86 valence electrons. The third-order valence-electron chi connectivity index (χ3n) is 2.93. The number of carbonyl (C=O) groups is 2. The van der Waals surface area contributed by atoms with Crippen LogP contribution in [-0.4, -0.2) is 42.6 Å². The summed E-state index contributed by atoms with van der Waals surface area (Å²) in [5.74, 6) is 0.674. The second-order valence-electron chi connectivity index (χ2n) is 4.18. The molecule has 0 aliphatic carbocycles. The van der Waals surface area contributed by atoms with E-state index in [9.17, 15) is 9.59 Å². The number of likely N-dealkylation sites (tertiary alicyclic amines) is 1. The van der Waals surface area contributed by atoms with Crippen molar-refractivity contribution in [3.63, 3.8) is 0 Å². The quantitative estimate of drug-likeness (QED) is 0.685. The Hall–Kier alpha value is -0.710. The van der Waals surface area contributed by atoms with Gasteiger partial charge in [-0.05, 0) is 19.1 Å². The van der Waals surface area contributed by atoms with Gasteiger partial charge in [-0.2, -0.15) is 12.6 Å². The summed E-state index contributed by atoms with van der Waals surface area (Å²) in [6, 6.07) is 0. The van der Waals surface area contributed by atoms with Crippen molar-refractivity contribution in [2.24, 2.45) is 5.41 Å². The van der Waals surface area contributed by atoms with Crippen LogP contribution in [0.5, 0.6) is 0 Å². The Morgan fingerprint density at radius 3 is 2.73 bits per heavy atom. The maximum atomic E-state index is 11.6. The Balaban J connectivity index is 2.58. The van der Waals surface area contributed by atoms with Crippen LogP contribution in [0, 0.1) is 5.41 Å². The maximum absolute atomic E-state index is 11.6. The van der Waals surface area contributed by atoms with Crippen molar-refractivity contribution in [1.29, 1.82) is 0 Å². The first-order valence-corrected chi connectivity index (χ1v) is 5.77. The van der Waals surface area contributed by atoms with Gasteiger partial charge in [0.2, 0.25) is 11.8 Å². The standard InChI is InChI=1S/C10H18N2O2S/c1-10(9(14)11-2)4-5-12(7-10)8(13)3-6-15/h15H,3-7H2,1-2H3,(H,11,14). The lowest BCUT2D eigenvalue weighted by atomic mass is 9.89. The van der Waals surface area contributed by atoms with Gasteiger partial charge in [-0.25, -0.2) is 0 Å². The molecule has 1 aliphatic rings. The summed E-state index contributed by atoms with van der Waals surface area (Å²) in [6.07, 6.45) is 1.19. The van der Waals surface area contributed by atoms with Crippen LogP contribution in [0.15, 0.2) is 0 Å². The smallest absolute Gasteiger partial charge is 0.227 e. The van der Waals surface area contributed by atoms with Crippen molar-refractivity contribution in [1.82, 2.24) is 10.2 Å². The lowest BCUT2D eigenvalue weighted by Gasteiger charge is -2.22. The van der Waals surface area contributed by atoms with Crippen LogP contribution in [0.2, 0.25) is 0 Å². The van der Waals surface area contributed by atoms with Crippen LogP contribution in [0.25, 0.3) is 0 Å². The van der Waals surface area contributed by atoms with Crippen molar-refractivity contribution in [3.05, 3.63) is 0 Å². The Labute approximate surface area is 95.8 Å². The molecule has 1 N–H and O–H groups in total. The zero-order valence-electron chi connectivity index (χ0n) is 9.25. The van der Waals surface area contributed by atoms with E-state index < -0.39 is 5.41 Å². The minimum absolute atomic E-state index is 0.0173. The zero-order valence-corrected chi connectivity index (χ0v) is 10.1. The molecular weight excluding hydrogens is 212 g/mol. The number of thiol groups is 1. The lowest BCUT2D eigenvalue weighted by Crippen LogP contribution is -2.40. The predicted octanol–water partition coefficient (Wildman–Crippen LogP) is 0.291. The Bertz CT molecular complexity index is 270. The van der Waals surface area contributed by atoms with Crippen molar-refractivity contribution < 1.29 is 9.59 Å². The first kappa shape index (κ1) is 12.4. The van der Waals surface area contributed by atoms with E-state index in [2.05, 4.69) is 17.9 Å². The first-order chi connectivity index (χ1) is 7.03. The second-order valence-corrected chi connectivity index (χ2v) is 4.63. The average molecular weight is 230 g/mol. The van der Waals surface area contributed by atoms with Gasteiger partial charge in [-0.1, -0.05) is 0 Å². The molecule has 0 spiro atoms. The van der Waals surface area contributed by atoms with Gasteiger partial charge >= 0.3 is 0 Å². The minimum Gasteiger partial charge on any atom is -0.359 e. The maximum Gasteiger partial charge on any atom is 0.227 e. The topological polar surface area (TPSA) is 49.4 Å². The molecular formula is C10H18N2O2S. The van der Waals surface area contributed by atoms with Crippen LogP contribution in [0.3, 0.4) is 0 Å². The molecule has 0 aromatic carbocycles. The molecule has 0 radical (unpaired) electrons. The van der Waals surface area contributed by atoms with Crippen LogP contribution in [-0.2, 0) is 9.59 Å². The molecule has 4 nitrogen and oxygen atoms in total. The minimum atomic E-state index is -0.416. The normalized spacial score (nSPS) is 25.4. The number of carbonyl (C=O) groups excluding carboxylic acids is 2. The van der Waals surface area contributed by atoms with Crippen molar-refractivity contribution in [2.75, 3.05) is 25.9 Å². The molecule has 1 rings (SSSR count). The fourth-order valence-corrected chi connectivity index (χ4v) is 2.11. The summed E-state index contributed by atoms with van der Waals surface area (Å²) in [4.78, 5) is 24.9. The van der Waals surface area contributed by atoms with Gasteiger partial charge in [-0.3, -0.25) is 9.59 Å². The first-order valence-electron chi connectivity index (χ1n) is 5.14. The van der Waals surface area contributed by atoms with Gasteiger partial charge in [0.25, 0.3) is 0 Å². The van der Waals surface area contributed by atoms with Gasteiger partial charge < -0.3 is 10.2 Å². The Morgan fingerprint density at radius 2 is 2.20 bits per heavy atom. The molecule has 1 unspecified atom stereocenters. The number of nitrogens with zero attached hydrogens (tertiary/aromatic N) is 1. The van der Waals surface area contributed by atoms with Gasteiger partial charge in [0.15, 0.2) is 0 Å². The van der Waals surface area contributed by atoms with Crippen LogP contribution >= 0.6 is 12.6 Å². The number of nitrogens with one attached hydrogen (secondary N) is 1. The third kappa shape index (κ3) is 2.65. The van der Waals surface area contributed by atoms with E-state index in [1.165, 1.54) is 0 Å². The SMILES string of the molecule is CNC(=O)C1(C)CCN(C(=O)CCS)C1. The van der Waals surface area contributed by atoms with Crippen LogP contribution < -0.4 is 5.32 Å². The van der Waals surface area contributed by atoms with Gasteiger partial charge in [0.05, 0.1) is 5.41 Å². The van der Waals surface area contributed by atoms with Crippen LogP contribution in [0.4, 0.5) is 0 Å². The summed E-state index contributed by atoms with van der Waals surface area (Å²) < 4.78 is 0. The van der Waals surface area contributed by atoms with E-state index in [-0.39, 0.29) is 11.8 Å². The summed E-state index contributed by atoms with van der Waals surface area (Å²) in [5, 5.41) is 2.65. The van der Waals surface area contributed by atoms with E-state index in [1.54, 1.807) is 11.9 Å². The fourth-order valence-electron chi connectivity index (χ4n) is 1.91. The average Bonchev–Trinajstić information content (AvgIpc) is 2.61. The zero-order chi connectivity index (χ0) is 11.5. The molecule has 1 fully saturated rings. The number of rotatable bonds is 3. The molecule has 1 atom stereocenters. The number of amides is 2. The summed E-state index contributed by atoms with van der Waals surface area (Å²) in [5.41, 5.74) is -0.416. The van der Waals surface area contributed by atoms with Gasteiger partial charge in [0.1, 0.15) is 0 Å². The summed E-state index contributed by atoms with van der Waals surface area (Å²) in [7, 11) is 1.63. The molecule has 15 heavy (non-hydrogen) atoms. The second kappa shape index (κ2) is 4.88. The van der Waals surface area contributed by atoms with Crippen molar-refractivity contribution >= 4 is 24.4 Å². The van der Waals surface area contributed by atoms with E-state index in [4.69, 9.17) is 0 Å². The lowest BCUT2D eigenvalue weighted by molar-refractivity contribution is -0.132. The van der Waals surface area contributed by atoms with E-state index >= 15 is 0 Å². The van der Waals surface area contributed by atoms with Gasteiger partial charge in [-0.15, -0.1) is 0 Å². The molecule has 0 saturated carbocycles. The molecule has 1 heterocycles. The highest BCUT2D eigenvalue weighted by Gasteiger charge is 2.41. The van der Waals surface area contributed by atoms with E-state index in [0.717, 1.165) is 6.42 Å². The molecule has 5 heteroatoms. The third-order valence-corrected chi connectivity index (χ3v) is 3.15. The summed E-state index contributed by atoms with van der Waals surface area (Å²) in [6.45, 7) is 3.11. The van der Waals surface area contributed by atoms with E-state index in [0.29, 0.717) is 25.3 Å². The molecule has 0 aromatic rings. The Morgan fingerprint density at radius 1 is 1.53 bits per heavy atom. The molecule has 1 aliphatic heterocycles. The highest BCUT2D eigenvalue weighted by molar-refractivity contribution is 7.80. The largest absolute Gasteiger partial charge is 0.359 e. The predicted molar refractivity (Wildman–Crippen MR) is 61.8 cm³/mol. The van der Waals surface area contributed by atoms with Crippen molar-refractivity contribution in [2.45, 2.75) is 19.8 Å². The van der Waals surface area contributed by atoms with Crippen LogP contribution in [0.1, 0.15) is 19.8 Å². The molecule has 2 amide bonds. The summed E-state index contributed by atoms with van der Waals surface area (Å²) >= 11 is 4.03. The molecule has 1 saturated heterocycles. The Kier molecular flexibility index (Phi) is 4.02. The molecule has 0 aromatic heterocycles.